The summed E-state index contributed by atoms with van der Waals surface area (Å²) in [4.78, 5) is 0. The lowest BCUT2D eigenvalue weighted by molar-refractivity contribution is 0.174. The van der Waals surface area contributed by atoms with E-state index in [1.807, 2.05) is 0 Å². The molecule has 0 fully saturated rings. The molecule has 0 amide bonds. The van der Waals surface area contributed by atoms with Gasteiger partial charge in [0.15, 0.2) is 11.5 Å². The molecule has 3 rings (SSSR count). The fourth-order valence-corrected chi connectivity index (χ4v) is 2.07. The van der Waals surface area contributed by atoms with Gasteiger partial charge in [-0.05, 0) is 36.8 Å². The Morgan fingerprint density at radius 3 is 2.70 bits per heavy atom. The maximum absolute atomic E-state index is 13.2. The minimum absolute atomic E-state index is 0.139. The van der Waals surface area contributed by atoms with Gasteiger partial charge < -0.3 is 19.9 Å². The van der Waals surface area contributed by atoms with Gasteiger partial charge in [0.2, 0.25) is 6.79 Å². The molecule has 0 saturated carbocycles. The number of hydrogen-bond donors (Lipinski definition) is 2. The van der Waals surface area contributed by atoms with Crippen molar-refractivity contribution in [1.29, 1.82) is 0 Å². The number of ether oxygens (including phenoxy) is 2. The van der Waals surface area contributed by atoms with E-state index in [0.717, 1.165) is 5.69 Å². The molecule has 0 bridgehead atoms. The number of benzene rings is 2. The highest BCUT2D eigenvalue weighted by atomic mass is 19.1. The molecule has 0 atom stereocenters. The van der Waals surface area contributed by atoms with Gasteiger partial charge in [-0.15, -0.1) is 0 Å². The van der Waals surface area contributed by atoms with Gasteiger partial charge >= 0.3 is 0 Å². The highest BCUT2D eigenvalue weighted by Crippen LogP contribution is 2.37. The van der Waals surface area contributed by atoms with Crippen molar-refractivity contribution < 1.29 is 19.0 Å². The standard InChI is InChI=1S/C15H14FNO3/c1-9-4-11(2-3-12(9)16)17-7-10-5-14-15(6-13(10)18)20-8-19-14/h2-6,17-18H,7-8H2,1H3. The molecule has 0 spiro atoms. The summed E-state index contributed by atoms with van der Waals surface area (Å²) in [6.45, 7) is 2.29. The normalized spacial score (nSPS) is 12.5. The van der Waals surface area contributed by atoms with Gasteiger partial charge in [-0.2, -0.15) is 0 Å². The summed E-state index contributed by atoms with van der Waals surface area (Å²) in [5, 5.41) is 13.1. The largest absolute Gasteiger partial charge is 0.507 e. The van der Waals surface area contributed by atoms with Crippen LogP contribution >= 0.6 is 0 Å². The number of anilines is 1. The molecule has 0 aliphatic carbocycles. The zero-order valence-electron chi connectivity index (χ0n) is 10.9. The van der Waals surface area contributed by atoms with E-state index in [-0.39, 0.29) is 18.4 Å². The molecule has 2 N–H and O–H groups in total. The molecule has 2 aromatic rings. The van der Waals surface area contributed by atoms with Crippen molar-refractivity contribution in [3.8, 4) is 17.2 Å². The predicted molar refractivity (Wildman–Crippen MR) is 72.7 cm³/mol. The molecule has 5 heteroatoms. The van der Waals surface area contributed by atoms with E-state index in [0.29, 0.717) is 29.2 Å². The predicted octanol–water partition coefficient (Wildman–Crippen LogP) is 3.18. The second-order valence-corrected chi connectivity index (χ2v) is 4.65. The lowest BCUT2D eigenvalue weighted by Gasteiger charge is -2.10. The van der Waals surface area contributed by atoms with Crippen molar-refractivity contribution in [2.24, 2.45) is 0 Å². The van der Waals surface area contributed by atoms with E-state index in [4.69, 9.17) is 9.47 Å². The molecule has 0 unspecified atom stereocenters. The summed E-state index contributed by atoms with van der Waals surface area (Å²) in [6, 6.07) is 8.07. The number of rotatable bonds is 3. The summed E-state index contributed by atoms with van der Waals surface area (Å²) in [6.07, 6.45) is 0. The van der Waals surface area contributed by atoms with Gasteiger partial charge in [-0.3, -0.25) is 0 Å². The molecule has 20 heavy (non-hydrogen) atoms. The summed E-state index contributed by atoms with van der Waals surface area (Å²) < 4.78 is 23.6. The molecule has 1 aliphatic rings. The first-order valence-electron chi connectivity index (χ1n) is 6.25. The van der Waals surface area contributed by atoms with Crippen molar-refractivity contribution in [2.75, 3.05) is 12.1 Å². The molecule has 0 aromatic heterocycles. The minimum atomic E-state index is -0.235. The number of nitrogens with one attached hydrogen (secondary N) is 1. The monoisotopic (exact) mass is 275 g/mol. The van der Waals surface area contributed by atoms with Crippen LogP contribution < -0.4 is 14.8 Å². The SMILES string of the molecule is Cc1cc(NCc2cc3c(cc2O)OCO3)ccc1F. The average Bonchev–Trinajstić information content (AvgIpc) is 2.87. The van der Waals surface area contributed by atoms with E-state index < -0.39 is 0 Å². The highest BCUT2D eigenvalue weighted by molar-refractivity contribution is 5.53. The average molecular weight is 275 g/mol. The lowest BCUT2D eigenvalue weighted by Crippen LogP contribution is -2.00. The number of aromatic hydroxyl groups is 1. The highest BCUT2D eigenvalue weighted by Gasteiger charge is 2.16. The number of fused-ring (bicyclic) bond motifs is 1. The number of aryl methyl sites for hydroxylation is 1. The van der Waals surface area contributed by atoms with Crippen LogP contribution in [0.2, 0.25) is 0 Å². The fourth-order valence-electron chi connectivity index (χ4n) is 2.07. The van der Waals surface area contributed by atoms with Gasteiger partial charge in [0.25, 0.3) is 0 Å². The molecular formula is C15H14FNO3. The molecule has 0 radical (unpaired) electrons. The van der Waals surface area contributed by atoms with Crippen LogP contribution in [0.15, 0.2) is 30.3 Å². The van der Waals surface area contributed by atoms with Crippen molar-refractivity contribution >= 4 is 5.69 Å². The quantitative estimate of drug-likeness (QED) is 0.903. The van der Waals surface area contributed by atoms with Crippen LogP contribution in [0.4, 0.5) is 10.1 Å². The van der Waals surface area contributed by atoms with Gasteiger partial charge in [0.05, 0.1) is 0 Å². The minimum Gasteiger partial charge on any atom is -0.507 e. The molecule has 1 heterocycles. The zero-order chi connectivity index (χ0) is 14.1. The Hall–Kier alpha value is -2.43. The number of halogens is 1. The number of phenolic OH excluding ortho intramolecular Hbond substituents is 1. The maximum atomic E-state index is 13.2. The fraction of sp³-hybridized carbons (Fsp3) is 0.200. The Labute approximate surface area is 115 Å². The Morgan fingerprint density at radius 2 is 1.95 bits per heavy atom. The Morgan fingerprint density at radius 1 is 1.20 bits per heavy atom. The second kappa shape index (κ2) is 4.92. The van der Waals surface area contributed by atoms with Gasteiger partial charge in [-0.25, -0.2) is 4.39 Å². The third kappa shape index (κ3) is 2.34. The van der Waals surface area contributed by atoms with Crippen molar-refractivity contribution in [1.82, 2.24) is 0 Å². The van der Waals surface area contributed by atoms with E-state index >= 15 is 0 Å². The summed E-state index contributed by atoms with van der Waals surface area (Å²) in [5.74, 6) is 1.07. The van der Waals surface area contributed by atoms with Crippen molar-refractivity contribution in [3.05, 3.63) is 47.3 Å². The Kier molecular flexibility index (Phi) is 3.10. The van der Waals surface area contributed by atoms with E-state index in [2.05, 4.69) is 5.32 Å². The van der Waals surface area contributed by atoms with Gasteiger partial charge in [0, 0.05) is 23.9 Å². The molecule has 0 saturated heterocycles. The van der Waals surface area contributed by atoms with Crippen molar-refractivity contribution in [2.45, 2.75) is 13.5 Å². The molecule has 4 nitrogen and oxygen atoms in total. The third-order valence-electron chi connectivity index (χ3n) is 3.21. The van der Waals surface area contributed by atoms with E-state index in [9.17, 15) is 9.50 Å². The van der Waals surface area contributed by atoms with Crippen LogP contribution in [0.3, 0.4) is 0 Å². The van der Waals surface area contributed by atoms with Crippen LogP contribution in [0, 0.1) is 12.7 Å². The van der Waals surface area contributed by atoms with Crippen LogP contribution in [-0.4, -0.2) is 11.9 Å². The molecular weight excluding hydrogens is 261 g/mol. The van der Waals surface area contributed by atoms with Gasteiger partial charge in [-0.1, -0.05) is 0 Å². The maximum Gasteiger partial charge on any atom is 0.231 e. The van der Waals surface area contributed by atoms with Crippen molar-refractivity contribution in [3.63, 3.8) is 0 Å². The van der Waals surface area contributed by atoms with Crippen LogP contribution in [0.1, 0.15) is 11.1 Å². The third-order valence-corrected chi connectivity index (χ3v) is 3.21. The second-order valence-electron chi connectivity index (χ2n) is 4.65. The summed E-state index contributed by atoms with van der Waals surface area (Å²) >= 11 is 0. The molecule has 104 valence electrons. The Balaban J connectivity index is 1.76. The smallest absolute Gasteiger partial charge is 0.231 e. The lowest BCUT2D eigenvalue weighted by atomic mass is 10.1. The summed E-state index contributed by atoms with van der Waals surface area (Å²) in [7, 11) is 0. The number of hydrogen-bond acceptors (Lipinski definition) is 4. The molecule has 2 aromatic carbocycles. The van der Waals surface area contributed by atoms with Crippen LogP contribution in [0.25, 0.3) is 0 Å². The van der Waals surface area contributed by atoms with E-state index in [1.165, 1.54) is 12.1 Å². The summed E-state index contributed by atoms with van der Waals surface area (Å²) in [5.41, 5.74) is 2.06. The first-order chi connectivity index (χ1) is 9.63. The van der Waals surface area contributed by atoms with E-state index in [1.54, 1.807) is 25.1 Å². The van der Waals surface area contributed by atoms with Gasteiger partial charge in [0.1, 0.15) is 11.6 Å². The topological polar surface area (TPSA) is 50.7 Å². The first kappa shape index (κ1) is 12.6. The molecule has 1 aliphatic heterocycles. The Bertz CT molecular complexity index is 658. The van der Waals surface area contributed by atoms with Crippen LogP contribution in [-0.2, 0) is 6.54 Å². The van der Waals surface area contributed by atoms with Crippen LogP contribution in [0.5, 0.6) is 17.2 Å². The number of phenols is 1. The first-order valence-corrected chi connectivity index (χ1v) is 6.25. The zero-order valence-corrected chi connectivity index (χ0v) is 10.9.